The number of halogens is 1. The molecule has 8 heteroatoms. The van der Waals surface area contributed by atoms with Crippen LogP contribution in [0.5, 0.6) is 0 Å². The number of rotatable bonds is 7. The van der Waals surface area contributed by atoms with E-state index in [9.17, 15) is 4.79 Å². The molecule has 0 aliphatic carbocycles. The summed E-state index contributed by atoms with van der Waals surface area (Å²) < 4.78 is 11.8. The molecule has 0 spiro atoms. The summed E-state index contributed by atoms with van der Waals surface area (Å²) in [6.07, 6.45) is 3.87. The number of ether oxygens (including phenoxy) is 2. The van der Waals surface area contributed by atoms with Gasteiger partial charge in [-0.1, -0.05) is 19.1 Å². The molecule has 30 heavy (non-hydrogen) atoms. The topological polar surface area (TPSA) is 75.2 Å². The van der Waals surface area contributed by atoms with Crippen molar-refractivity contribution in [3.8, 4) is 0 Å². The Morgan fingerprint density at radius 3 is 2.80 bits per heavy atom. The molecular weight excluding hydrogens is 495 g/mol. The second-order valence-electron chi connectivity index (χ2n) is 7.58. The van der Waals surface area contributed by atoms with E-state index in [1.54, 1.807) is 0 Å². The number of carbonyl (C=O) groups excluding carboxylic acids is 1. The maximum atomic E-state index is 11.8. The van der Waals surface area contributed by atoms with Crippen LogP contribution in [0.2, 0.25) is 0 Å². The summed E-state index contributed by atoms with van der Waals surface area (Å²) in [5.41, 5.74) is 1.89. The Morgan fingerprint density at radius 2 is 2.07 bits per heavy atom. The number of aliphatic imine (C=N–C) groups is 1. The number of carbonyl (C=O) groups is 1. The predicted octanol–water partition coefficient (Wildman–Crippen LogP) is 3.39. The molecule has 2 unspecified atom stereocenters. The van der Waals surface area contributed by atoms with Crippen LogP contribution in [0.4, 0.5) is 5.69 Å². The van der Waals surface area contributed by atoms with Crippen molar-refractivity contribution in [2.24, 2.45) is 4.99 Å². The number of hydrogen-bond acceptors (Lipinski definition) is 4. The van der Waals surface area contributed by atoms with Gasteiger partial charge in [0.25, 0.3) is 0 Å². The third-order valence-corrected chi connectivity index (χ3v) is 5.21. The molecule has 2 fully saturated rings. The Balaban J connectivity index is 0.00000320. The third kappa shape index (κ3) is 7.39. The second-order valence-corrected chi connectivity index (χ2v) is 7.58. The number of morpholine rings is 1. The van der Waals surface area contributed by atoms with E-state index in [1.165, 1.54) is 0 Å². The molecule has 2 atom stereocenters. The Kier molecular flexibility index (Phi) is 10.9. The van der Waals surface area contributed by atoms with E-state index < -0.39 is 0 Å². The van der Waals surface area contributed by atoms with Gasteiger partial charge in [0.15, 0.2) is 5.96 Å². The molecule has 1 amide bonds. The van der Waals surface area contributed by atoms with Crippen LogP contribution in [0, 0.1) is 0 Å². The molecule has 2 saturated heterocycles. The quantitative estimate of drug-likeness (QED) is 0.321. The summed E-state index contributed by atoms with van der Waals surface area (Å²) in [6, 6.07) is 7.91. The monoisotopic (exact) mass is 530 g/mol. The molecule has 0 radical (unpaired) electrons. The highest BCUT2D eigenvalue weighted by Crippen LogP contribution is 2.21. The van der Waals surface area contributed by atoms with Crippen LogP contribution in [-0.2, 0) is 20.8 Å². The zero-order valence-electron chi connectivity index (χ0n) is 18.1. The molecule has 2 heterocycles. The van der Waals surface area contributed by atoms with Gasteiger partial charge in [-0.3, -0.25) is 4.79 Å². The molecule has 7 nitrogen and oxygen atoms in total. The van der Waals surface area contributed by atoms with E-state index in [4.69, 9.17) is 14.5 Å². The fourth-order valence-electron chi connectivity index (χ4n) is 3.78. The van der Waals surface area contributed by atoms with Crippen LogP contribution in [-0.4, -0.2) is 61.8 Å². The van der Waals surface area contributed by atoms with Gasteiger partial charge < -0.3 is 25.0 Å². The minimum atomic E-state index is 0. The van der Waals surface area contributed by atoms with E-state index in [2.05, 4.69) is 22.5 Å². The second kappa shape index (κ2) is 13.1. The lowest BCUT2D eigenvalue weighted by molar-refractivity contribution is -0.116. The molecule has 1 aromatic rings. The van der Waals surface area contributed by atoms with E-state index in [0.717, 1.165) is 62.7 Å². The van der Waals surface area contributed by atoms with Gasteiger partial charge in [0.2, 0.25) is 5.91 Å². The lowest BCUT2D eigenvalue weighted by Crippen LogP contribution is -2.53. The Labute approximate surface area is 197 Å². The number of amides is 1. The first-order chi connectivity index (χ1) is 14.2. The summed E-state index contributed by atoms with van der Waals surface area (Å²) in [5.74, 6) is 0.953. The molecule has 2 aliphatic heterocycles. The van der Waals surface area contributed by atoms with E-state index >= 15 is 0 Å². The zero-order valence-corrected chi connectivity index (χ0v) is 20.4. The average Bonchev–Trinajstić information content (AvgIpc) is 3.27. The van der Waals surface area contributed by atoms with Gasteiger partial charge in [-0.05, 0) is 43.9 Å². The molecule has 0 aromatic heterocycles. The highest BCUT2D eigenvalue weighted by Gasteiger charge is 2.32. The Bertz CT molecular complexity index is 695. The number of nitrogens with one attached hydrogen (secondary N) is 2. The Hall–Kier alpha value is -1.39. The molecule has 3 rings (SSSR count). The lowest BCUT2D eigenvalue weighted by atomic mass is 10.1. The highest BCUT2D eigenvalue weighted by atomic mass is 127. The minimum Gasteiger partial charge on any atom is -0.375 e. The summed E-state index contributed by atoms with van der Waals surface area (Å²) in [7, 11) is 0. The smallest absolute Gasteiger partial charge is 0.224 e. The number of hydrogen-bond donors (Lipinski definition) is 2. The zero-order chi connectivity index (χ0) is 20.5. The van der Waals surface area contributed by atoms with Gasteiger partial charge >= 0.3 is 0 Å². The molecular formula is C22H35IN4O3. The molecule has 0 bridgehead atoms. The first kappa shape index (κ1) is 24.9. The van der Waals surface area contributed by atoms with E-state index in [-0.39, 0.29) is 42.1 Å². The first-order valence-electron chi connectivity index (χ1n) is 10.8. The van der Waals surface area contributed by atoms with Crippen LogP contribution in [0.3, 0.4) is 0 Å². The van der Waals surface area contributed by atoms with Gasteiger partial charge in [-0.2, -0.15) is 0 Å². The van der Waals surface area contributed by atoms with E-state index in [1.807, 2.05) is 31.2 Å². The van der Waals surface area contributed by atoms with E-state index in [0.29, 0.717) is 19.6 Å². The van der Waals surface area contributed by atoms with Gasteiger partial charge in [-0.25, -0.2) is 4.99 Å². The third-order valence-electron chi connectivity index (χ3n) is 5.21. The summed E-state index contributed by atoms with van der Waals surface area (Å²) in [6.45, 7) is 8.60. The van der Waals surface area contributed by atoms with Crippen molar-refractivity contribution in [1.29, 1.82) is 0 Å². The highest BCUT2D eigenvalue weighted by molar-refractivity contribution is 14.0. The van der Waals surface area contributed by atoms with Crippen LogP contribution in [0.1, 0.15) is 45.1 Å². The van der Waals surface area contributed by atoms with Crippen molar-refractivity contribution in [2.75, 3.05) is 38.2 Å². The van der Waals surface area contributed by atoms with Crippen molar-refractivity contribution < 1.29 is 14.3 Å². The Morgan fingerprint density at radius 1 is 1.23 bits per heavy atom. The number of guanidine groups is 1. The van der Waals surface area contributed by atoms with Crippen LogP contribution >= 0.6 is 24.0 Å². The first-order valence-corrected chi connectivity index (χ1v) is 10.8. The predicted molar refractivity (Wildman–Crippen MR) is 130 cm³/mol. The van der Waals surface area contributed by atoms with Crippen molar-refractivity contribution in [1.82, 2.24) is 10.2 Å². The molecule has 168 valence electrons. The minimum absolute atomic E-state index is 0. The number of benzene rings is 1. The summed E-state index contributed by atoms with van der Waals surface area (Å²) in [4.78, 5) is 19.0. The number of nitrogens with zero attached hydrogens (tertiary/aromatic N) is 2. The van der Waals surface area contributed by atoms with Crippen molar-refractivity contribution in [3.63, 3.8) is 0 Å². The summed E-state index contributed by atoms with van der Waals surface area (Å²) >= 11 is 0. The number of anilines is 1. The van der Waals surface area contributed by atoms with Gasteiger partial charge in [0.05, 0.1) is 19.3 Å². The van der Waals surface area contributed by atoms with Crippen molar-refractivity contribution in [3.05, 3.63) is 29.8 Å². The largest absolute Gasteiger partial charge is 0.375 e. The van der Waals surface area contributed by atoms with Crippen molar-refractivity contribution >= 4 is 41.5 Å². The fourth-order valence-corrected chi connectivity index (χ4v) is 3.78. The van der Waals surface area contributed by atoms with Crippen LogP contribution in [0.15, 0.2) is 29.3 Å². The van der Waals surface area contributed by atoms with Gasteiger partial charge in [0, 0.05) is 38.3 Å². The molecule has 2 aliphatic rings. The van der Waals surface area contributed by atoms with Gasteiger partial charge in [-0.15, -0.1) is 24.0 Å². The van der Waals surface area contributed by atoms with Gasteiger partial charge in [0.1, 0.15) is 6.10 Å². The molecule has 0 saturated carbocycles. The SMILES string of the molecule is CCCC(=O)Nc1cccc(CN=C(NCC)N2CCOC(C3CCCO3)C2)c1.I. The average molecular weight is 530 g/mol. The normalized spacial score (nSPS) is 21.8. The van der Waals surface area contributed by atoms with Crippen molar-refractivity contribution in [2.45, 2.75) is 58.3 Å². The lowest BCUT2D eigenvalue weighted by Gasteiger charge is -2.37. The maximum absolute atomic E-state index is 11.8. The maximum Gasteiger partial charge on any atom is 0.224 e. The van der Waals surface area contributed by atoms with Crippen LogP contribution < -0.4 is 10.6 Å². The van der Waals surface area contributed by atoms with Crippen LogP contribution in [0.25, 0.3) is 0 Å². The standard InChI is InChI=1S/C22H34N4O3.HI/c1-3-7-21(27)25-18-9-5-8-17(14-18)15-24-22(23-4-2)26-11-13-29-20(16-26)19-10-6-12-28-19;/h5,8-9,14,19-20H,3-4,6-7,10-13,15-16H2,1-2H3,(H,23,24)(H,25,27);1H. The summed E-state index contributed by atoms with van der Waals surface area (Å²) in [5, 5.41) is 6.36. The molecule has 2 N–H and O–H groups in total. The fraction of sp³-hybridized carbons (Fsp3) is 0.636. The molecule has 1 aromatic carbocycles.